The zero-order valence-electron chi connectivity index (χ0n) is 14.9. The zero-order chi connectivity index (χ0) is 19.3. The van der Waals surface area contributed by atoms with Crippen LogP contribution in [0.1, 0.15) is 20.8 Å². The van der Waals surface area contributed by atoms with Gasteiger partial charge in [0.05, 0.1) is 17.5 Å². The molecule has 0 fully saturated rings. The number of thioether (sulfide) groups is 1. The first-order valence-corrected chi connectivity index (χ1v) is 9.15. The zero-order valence-corrected chi connectivity index (χ0v) is 15.8. The van der Waals surface area contributed by atoms with Gasteiger partial charge in [-0.05, 0) is 25.0 Å². The number of amides is 2. The molecular formula is C18H21N3O4S. The molecule has 0 saturated heterocycles. The van der Waals surface area contributed by atoms with Crippen LogP contribution in [-0.4, -0.2) is 42.2 Å². The van der Waals surface area contributed by atoms with Gasteiger partial charge in [-0.3, -0.25) is 19.3 Å². The fourth-order valence-corrected chi connectivity index (χ4v) is 3.21. The molecule has 2 rings (SSSR count). The maximum Gasteiger partial charge on any atom is 0.326 e. The van der Waals surface area contributed by atoms with E-state index in [4.69, 9.17) is 4.74 Å². The molecule has 0 aliphatic carbocycles. The average Bonchev–Trinajstić information content (AvgIpc) is 2.62. The largest absolute Gasteiger partial charge is 0.454 e. The fraction of sp³-hybridized carbons (Fsp3) is 0.444. The Balaban J connectivity index is 1.93. The second-order valence-corrected chi connectivity index (χ2v) is 7.43. The molecule has 0 unspecified atom stereocenters. The number of rotatable bonds is 6. The maximum atomic E-state index is 12.1. The number of carbonyl (C=O) groups excluding carboxylic acids is 3. The third-order valence-corrected chi connectivity index (χ3v) is 5.29. The van der Waals surface area contributed by atoms with Gasteiger partial charge >= 0.3 is 5.97 Å². The number of carbonyl (C=O) groups is 3. The number of nitrogens with zero attached hydrogens (tertiary/aromatic N) is 2. The average molecular weight is 375 g/mol. The molecule has 0 bridgehead atoms. The molecule has 0 spiro atoms. The van der Waals surface area contributed by atoms with Crippen molar-refractivity contribution in [2.45, 2.75) is 31.2 Å². The molecule has 26 heavy (non-hydrogen) atoms. The van der Waals surface area contributed by atoms with E-state index in [0.717, 1.165) is 4.90 Å². The van der Waals surface area contributed by atoms with Crippen LogP contribution in [0.2, 0.25) is 0 Å². The highest BCUT2D eigenvalue weighted by Crippen LogP contribution is 2.34. The fourth-order valence-electron chi connectivity index (χ4n) is 2.28. The van der Waals surface area contributed by atoms with E-state index in [1.807, 2.05) is 26.0 Å². The summed E-state index contributed by atoms with van der Waals surface area (Å²) >= 11 is 1.42. The third kappa shape index (κ3) is 4.55. The van der Waals surface area contributed by atoms with Crippen LogP contribution in [0.3, 0.4) is 0 Å². The number of para-hydroxylation sites is 1. The predicted octanol–water partition coefficient (Wildman–Crippen LogP) is 1.72. The lowest BCUT2D eigenvalue weighted by atomic mass is 9.90. The van der Waals surface area contributed by atoms with Crippen LogP contribution in [0.15, 0.2) is 29.2 Å². The van der Waals surface area contributed by atoms with Crippen LogP contribution in [-0.2, 0) is 19.1 Å². The van der Waals surface area contributed by atoms with Gasteiger partial charge in [0.25, 0.3) is 5.91 Å². The maximum absolute atomic E-state index is 12.1. The Labute approximate surface area is 156 Å². The molecule has 1 aromatic carbocycles. The van der Waals surface area contributed by atoms with Crippen LogP contribution < -0.4 is 10.2 Å². The lowest BCUT2D eigenvalue weighted by molar-refractivity contribution is -0.148. The molecule has 0 saturated carbocycles. The minimum absolute atomic E-state index is 0.105. The minimum Gasteiger partial charge on any atom is -0.454 e. The summed E-state index contributed by atoms with van der Waals surface area (Å²) < 4.78 is 4.98. The van der Waals surface area contributed by atoms with Gasteiger partial charge in [-0.15, -0.1) is 11.8 Å². The highest BCUT2D eigenvalue weighted by Gasteiger charge is 2.31. The van der Waals surface area contributed by atoms with Crippen molar-refractivity contribution in [3.63, 3.8) is 0 Å². The Bertz CT molecular complexity index is 759. The van der Waals surface area contributed by atoms with Crippen molar-refractivity contribution >= 4 is 35.2 Å². The van der Waals surface area contributed by atoms with E-state index in [-0.39, 0.29) is 24.1 Å². The molecule has 1 aromatic rings. The minimum atomic E-state index is -1.04. The number of ether oxygens (including phenoxy) is 1. The summed E-state index contributed by atoms with van der Waals surface area (Å²) in [6.07, 6.45) is 0. The molecule has 138 valence electrons. The second-order valence-electron chi connectivity index (χ2n) is 6.41. The lowest BCUT2D eigenvalue weighted by Crippen LogP contribution is -2.50. The summed E-state index contributed by atoms with van der Waals surface area (Å²) in [7, 11) is 0. The van der Waals surface area contributed by atoms with Crippen LogP contribution in [0.5, 0.6) is 0 Å². The number of nitriles is 1. The first-order valence-electron chi connectivity index (χ1n) is 8.17. The van der Waals surface area contributed by atoms with E-state index in [9.17, 15) is 19.6 Å². The summed E-state index contributed by atoms with van der Waals surface area (Å²) in [5.41, 5.74) is -0.380. The molecule has 1 atom stereocenters. The van der Waals surface area contributed by atoms with Crippen molar-refractivity contribution in [3.05, 3.63) is 24.3 Å². The molecular weight excluding hydrogens is 354 g/mol. The third-order valence-electron chi connectivity index (χ3n) is 4.25. The molecule has 1 heterocycles. The quantitative estimate of drug-likeness (QED) is 0.760. The van der Waals surface area contributed by atoms with Gasteiger partial charge < -0.3 is 10.1 Å². The normalized spacial score (nSPS) is 15.7. The molecule has 1 aliphatic rings. The van der Waals surface area contributed by atoms with Crippen molar-refractivity contribution in [1.82, 2.24) is 5.32 Å². The Morgan fingerprint density at radius 1 is 1.42 bits per heavy atom. The van der Waals surface area contributed by atoms with Gasteiger partial charge in [-0.25, -0.2) is 0 Å². The van der Waals surface area contributed by atoms with E-state index >= 15 is 0 Å². The number of benzene rings is 1. The van der Waals surface area contributed by atoms with Gasteiger partial charge in [0, 0.05) is 4.90 Å². The van der Waals surface area contributed by atoms with Crippen molar-refractivity contribution in [2.24, 2.45) is 5.92 Å². The van der Waals surface area contributed by atoms with Crippen LogP contribution in [0.25, 0.3) is 0 Å². The Morgan fingerprint density at radius 2 is 2.12 bits per heavy atom. The summed E-state index contributed by atoms with van der Waals surface area (Å²) in [5, 5.41) is 11.8. The number of hydrogen-bond acceptors (Lipinski definition) is 6. The molecule has 0 aromatic heterocycles. The molecule has 1 N–H and O–H groups in total. The Morgan fingerprint density at radius 3 is 2.77 bits per heavy atom. The number of esters is 1. The van der Waals surface area contributed by atoms with Gasteiger partial charge in [-0.2, -0.15) is 5.26 Å². The highest BCUT2D eigenvalue weighted by molar-refractivity contribution is 8.00. The predicted molar refractivity (Wildman–Crippen MR) is 97.5 cm³/mol. The summed E-state index contributed by atoms with van der Waals surface area (Å²) in [5.74, 6) is -1.28. The Hall–Kier alpha value is -2.53. The first kappa shape index (κ1) is 19.8. The number of hydrogen-bond donors (Lipinski definition) is 1. The first-order chi connectivity index (χ1) is 12.3. The molecule has 0 radical (unpaired) electrons. The van der Waals surface area contributed by atoms with Crippen molar-refractivity contribution in [1.29, 1.82) is 5.26 Å². The van der Waals surface area contributed by atoms with Gasteiger partial charge in [0.2, 0.25) is 5.91 Å². The smallest absolute Gasteiger partial charge is 0.326 e. The molecule has 8 heteroatoms. The number of anilines is 1. The number of nitrogens with one attached hydrogen (secondary N) is 1. The van der Waals surface area contributed by atoms with Gasteiger partial charge in [0.15, 0.2) is 6.61 Å². The van der Waals surface area contributed by atoms with Crippen LogP contribution in [0.4, 0.5) is 5.69 Å². The SMILES string of the molecule is CC(C)[C@@](C)(C#N)NC(=O)COC(=O)CN1C(=O)CSc2ccccc21. The molecule has 1 aliphatic heterocycles. The van der Waals surface area contributed by atoms with E-state index < -0.39 is 24.0 Å². The second kappa shape index (κ2) is 8.23. The summed E-state index contributed by atoms with van der Waals surface area (Å²) in [4.78, 5) is 38.4. The Kier molecular flexibility index (Phi) is 6.27. The summed E-state index contributed by atoms with van der Waals surface area (Å²) in [6, 6.07) is 9.35. The summed E-state index contributed by atoms with van der Waals surface area (Å²) in [6.45, 7) is 4.48. The van der Waals surface area contributed by atoms with Gasteiger partial charge in [-0.1, -0.05) is 26.0 Å². The number of fused-ring (bicyclic) bond motifs is 1. The standard InChI is InChI=1S/C18H21N3O4S/c1-12(2)18(3,11-19)20-15(22)9-25-17(24)8-21-13-6-4-5-7-14(13)26-10-16(21)23/h4-7,12H,8-10H2,1-3H3,(H,20,22)/t18-/m1/s1. The van der Waals surface area contributed by atoms with Crippen LogP contribution in [0, 0.1) is 17.2 Å². The molecule has 2 amide bonds. The van der Waals surface area contributed by atoms with E-state index in [1.165, 1.54) is 16.7 Å². The van der Waals surface area contributed by atoms with Crippen molar-refractivity contribution < 1.29 is 19.1 Å². The van der Waals surface area contributed by atoms with E-state index in [1.54, 1.807) is 19.1 Å². The monoisotopic (exact) mass is 375 g/mol. The topological polar surface area (TPSA) is 99.5 Å². The van der Waals surface area contributed by atoms with Gasteiger partial charge in [0.1, 0.15) is 12.1 Å². The highest BCUT2D eigenvalue weighted by atomic mass is 32.2. The van der Waals surface area contributed by atoms with E-state index in [0.29, 0.717) is 5.69 Å². The van der Waals surface area contributed by atoms with Crippen LogP contribution >= 0.6 is 11.8 Å². The molecule has 7 nitrogen and oxygen atoms in total. The lowest BCUT2D eigenvalue weighted by Gasteiger charge is -2.28. The van der Waals surface area contributed by atoms with Crippen molar-refractivity contribution in [2.75, 3.05) is 23.8 Å². The van der Waals surface area contributed by atoms with E-state index in [2.05, 4.69) is 11.4 Å². The van der Waals surface area contributed by atoms with Crippen molar-refractivity contribution in [3.8, 4) is 6.07 Å².